The number of nitrogens with one attached hydrogen (secondary N) is 1. The second kappa shape index (κ2) is 8.99. The molecule has 5 nitrogen and oxygen atoms in total. The van der Waals surface area contributed by atoms with Crippen LogP contribution in [-0.4, -0.2) is 29.2 Å². The number of aliphatic imine (C=N–C) groups is 1. The predicted octanol–water partition coefficient (Wildman–Crippen LogP) is 5.71. The summed E-state index contributed by atoms with van der Waals surface area (Å²) in [7, 11) is 0. The lowest BCUT2D eigenvalue weighted by Crippen LogP contribution is -2.30. The van der Waals surface area contributed by atoms with Crippen LogP contribution in [0.25, 0.3) is 0 Å². The minimum atomic E-state index is -0.304. The van der Waals surface area contributed by atoms with Gasteiger partial charge >= 0.3 is 0 Å². The van der Waals surface area contributed by atoms with Crippen molar-refractivity contribution in [1.82, 2.24) is 0 Å². The van der Waals surface area contributed by atoms with E-state index in [4.69, 9.17) is 0 Å². The molecule has 0 fully saturated rings. The van der Waals surface area contributed by atoms with Gasteiger partial charge < -0.3 is 15.3 Å². The van der Waals surface area contributed by atoms with E-state index in [1.807, 2.05) is 43.3 Å². The van der Waals surface area contributed by atoms with Gasteiger partial charge in [-0.3, -0.25) is 4.79 Å². The summed E-state index contributed by atoms with van der Waals surface area (Å²) in [4.78, 5) is 19.3. The maximum Gasteiger partial charge on any atom is 0.208 e. The zero-order valence-electron chi connectivity index (χ0n) is 18.2. The lowest BCUT2D eigenvalue weighted by Gasteiger charge is -2.27. The van der Waals surface area contributed by atoms with Crippen LogP contribution in [0.15, 0.2) is 76.6 Å². The number of hydrogen-bond acceptors (Lipinski definition) is 5. The molecule has 156 valence electrons. The summed E-state index contributed by atoms with van der Waals surface area (Å²) in [6.45, 7) is 11.2. The topological polar surface area (TPSA) is 64.9 Å². The normalized spacial score (nSPS) is 15.6. The molecule has 0 amide bonds. The number of aryl methyl sites for hydroxylation is 1. The summed E-state index contributed by atoms with van der Waals surface area (Å²) in [6, 6.07) is 16.1. The van der Waals surface area contributed by atoms with E-state index in [0.717, 1.165) is 23.5 Å². The number of carbonyl (C=O) groups excluding carboxylic acids is 1. The van der Waals surface area contributed by atoms with Gasteiger partial charge in [0.2, 0.25) is 5.78 Å². The van der Waals surface area contributed by atoms with E-state index in [1.54, 1.807) is 6.92 Å². The smallest absolute Gasteiger partial charge is 0.208 e. The number of ketones is 1. The van der Waals surface area contributed by atoms with Crippen molar-refractivity contribution in [3.05, 3.63) is 77.2 Å². The molecule has 1 aliphatic rings. The van der Waals surface area contributed by atoms with Crippen molar-refractivity contribution >= 4 is 28.6 Å². The highest BCUT2D eigenvalue weighted by atomic mass is 16.3. The maximum absolute atomic E-state index is 12.5. The Labute approximate surface area is 178 Å². The Kier molecular flexibility index (Phi) is 6.40. The summed E-state index contributed by atoms with van der Waals surface area (Å²) < 4.78 is 0. The highest BCUT2D eigenvalue weighted by Crippen LogP contribution is 2.26. The quantitative estimate of drug-likeness (QED) is 0.606. The molecule has 0 saturated carbocycles. The van der Waals surface area contributed by atoms with Crippen LogP contribution >= 0.6 is 0 Å². The zero-order valence-corrected chi connectivity index (χ0v) is 18.2. The molecule has 2 N–H and O–H groups in total. The Hall–Kier alpha value is -3.34. The molecular weight excluding hydrogens is 374 g/mol. The molecule has 0 heterocycles. The highest BCUT2D eigenvalue weighted by Gasteiger charge is 2.24. The molecule has 1 aliphatic carbocycles. The average molecular weight is 404 g/mol. The molecule has 0 atom stereocenters. The van der Waals surface area contributed by atoms with Crippen LogP contribution in [-0.2, 0) is 4.79 Å². The first kappa shape index (κ1) is 21.4. The van der Waals surface area contributed by atoms with Crippen LogP contribution in [0, 0.1) is 6.92 Å². The first-order valence-corrected chi connectivity index (χ1v) is 10.3. The molecule has 0 saturated heterocycles. The Balaban J connectivity index is 1.90. The average Bonchev–Trinajstić information content (AvgIpc) is 2.71. The number of benzene rings is 2. The number of hydrogen-bond donors (Lipinski definition) is 2. The molecule has 0 aromatic heterocycles. The van der Waals surface area contributed by atoms with Gasteiger partial charge in [0, 0.05) is 35.6 Å². The summed E-state index contributed by atoms with van der Waals surface area (Å²) in [5.74, 6) is -0.385. The molecule has 0 spiro atoms. The Bertz CT molecular complexity index is 1010. The van der Waals surface area contributed by atoms with Gasteiger partial charge in [-0.2, -0.15) is 0 Å². The minimum Gasteiger partial charge on any atom is -0.506 e. The number of aliphatic hydroxyl groups is 1. The number of nitrogens with zero attached hydrogens (tertiary/aromatic N) is 2. The number of carbonyl (C=O) groups is 1. The molecule has 3 rings (SSSR count). The molecule has 0 aliphatic heterocycles. The summed E-state index contributed by atoms with van der Waals surface area (Å²) in [5.41, 5.74) is 5.23. The van der Waals surface area contributed by atoms with Crippen LogP contribution in [0.5, 0.6) is 0 Å². The van der Waals surface area contributed by atoms with Gasteiger partial charge in [-0.25, -0.2) is 4.99 Å². The predicted molar refractivity (Wildman–Crippen MR) is 125 cm³/mol. The van der Waals surface area contributed by atoms with Gasteiger partial charge in [0.1, 0.15) is 11.5 Å². The fourth-order valence-corrected chi connectivity index (χ4v) is 3.53. The molecule has 5 heteroatoms. The second-order valence-electron chi connectivity index (χ2n) is 7.74. The van der Waals surface area contributed by atoms with Crippen molar-refractivity contribution in [1.29, 1.82) is 0 Å². The molecule has 2 aromatic carbocycles. The van der Waals surface area contributed by atoms with Crippen LogP contribution in [0.2, 0.25) is 0 Å². The Morgan fingerprint density at radius 3 is 2.23 bits per heavy atom. The van der Waals surface area contributed by atoms with E-state index in [0.29, 0.717) is 28.7 Å². The highest BCUT2D eigenvalue weighted by molar-refractivity contribution is 6.51. The number of rotatable bonds is 6. The fraction of sp³-hybridized carbons (Fsp3) is 0.280. The Morgan fingerprint density at radius 2 is 1.67 bits per heavy atom. The first-order valence-electron chi connectivity index (χ1n) is 10.3. The first-order chi connectivity index (χ1) is 14.3. The molecule has 0 radical (unpaired) electrons. The van der Waals surface area contributed by atoms with Gasteiger partial charge in [-0.15, -0.1) is 0 Å². The Morgan fingerprint density at radius 1 is 1.03 bits per heavy atom. The van der Waals surface area contributed by atoms with E-state index in [-0.39, 0.29) is 11.5 Å². The number of allylic oxidation sites excluding steroid dienone is 2. The van der Waals surface area contributed by atoms with E-state index in [2.05, 4.69) is 48.1 Å². The van der Waals surface area contributed by atoms with Crippen molar-refractivity contribution in [2.75, 3.05) is 16.8 Å². The van der Waals surface area contributed by atoms with Crippen LogP contribution in [0.3, 0.4) is 0 Å². The summed E-state index contributed by atoms with van der Waals surface area (Å²) in [5, 5.41) is 13.7. The lowest BCUT2D eigenvalue weighted by molar-refractivity contribution is -0.109. The molecular formula is C25H29N3O2. The molecule has 0 unspecified atom stereocenters. The zero-order chi connectivity index (χ0) is 21.8. The molecule has 2 aromatic rings. The van der Waals surface area contributed by atoms with Crippen molar-refractivity contribution in [3.8, 4) is 0 Å². The number of anilines is 2. The fourth-order valence-electron chi connectivity index (χ4n) is 3.53. The standard InChI is InChI=1S/C25H29N3O2/c1-6-28(16(2)3)21-13-11-20(12-14-21)27-25-18(5)24(22(29)15-23(25)30)26-19-9-7-17(4)8-10-19/h7-16,27,30H,6H2,1-5H3. The van der Waals surface area contributed by atoms with Crippen LogP contribution < -0.4 is 10.2 Å². The number of aliphatic hydroxyl groups excluding tert-OH is 1. The molecule has 0 bridgehead atoms. The van der Waals surface area contributed by atoms with E-state index >= 15 is 0 Å². The van der Waals surface area contributed by atoms with Crippen molar-refractivity contribution < 1.29 is 9.90 Å². The largest absolute Gasteiger partial charge is 0.506 e. The van der Waals surface area contributed by atoms with Gasteiger partial charge in [0.05, 0.1) is 11.4 Å². The van der Waals surface area contributed by atoms with Gasteiger partial charge in [0.15, 0.2) is 0 Å². The van der Waals surface area contributed by atoms with E-state index in [1.165, 1.54) is 6.08 Å². The molecule has 30 heavy (non-hydrogen) atoms. The van der Waals surface area contributed by atoms with E-state index in [9.17, 15) is 9.90 Å². The third-order valence-corrected chi connectivity index (χ3v) is 5.19. The monoisotopic (exact) mass is 403 g/mol. The third kappa shape index (κ3) is 4.62. The minimum absolute atomic E-state index is 0.0817. The van der Waals surface area contributed by atoms with Crippen molar-refractivity contribution in [3.63, 3.8) is 0 Å². The van der Waals surface area contributed by atoms with Crippen LogP contribution in [0.4, 0.5) is 17.1 Å². The van der Waals surface area contributed by atoms with Gasteiger partial charge in [-0.1, -0.05) is 17.7 Å². The second-order valence-corrected chi connectivity index (χ2v) is 7.74. The van der Waals surface area contributed by atoms with Crippen molar-refractivity contribution in [2.45, 2.75) is 40.7 Å². The SMILES string of the molecule is CCN(c1ccc(NC2=C(C)C(=Nc3ccc(C)cc3)C(=O)C=C2O)cc1)C(C)C. The van der Waals surface area contributed by atoms with Gasteiger partial charge in [-0.05, 0) is 71.0 Å². The maximum atomic E-state index is 12.5. The lowest BCUT2D eigenvalue weighted by atomic mass is 9.98. The van der Waals surface area contributed by atoms with E-state index < -0.39 is 0 Å². The third-order valence-electron chi connectivity index (χ3n) is 5.19. The van der Waals surface area contributed by atoms with Gasteiger partial charge in [0.25, 0.3) is 0 Å². The summed E-state index contributed by atoms with van der Waals surface area (Å²) in [6.07, 6.45) is 1.22. The summed E-state index contributed by atoms with van der Waals surface area (Å²) >= 11 is 0. The van der Waals surface area contributed by atoms with Crippen LogP contribution in [0.1, 0.15) is 33.3 Å². The van der Waals surface area contributed by atoms with Crippen molar-refractivity contribution in [2.24, 2.45) is 4.99 Å².